The molecule has 0 unspecified atom stereocenters. The second-order valence-corrected chi connectivity index (χ2v) is 7.91. The summed E-state index contributed by atoms with van der Waals surface area (Å²) in [5, 5.41) is 2.86. The summed E-state index contributed by atoms with van der Waals surface area (Å²) >= 11 is 9.32. The molecule has 0 saturated heterocycles. The summed E-state index contributed by atoms with van der Waals surface area (Å²) in [5.74, 6) is -0.172. The Kier molecular flexibility index (Phi) is 3.66. The Morgan fingerprint density at radius 2 is 2.11 bits per heavy atom. The van der Waals surface area contributed by atoms with Crippen LogP contribution in [0.1, 0.15) is 10.4 Å². The van der Waals surface area contributed by atoms with Crippen LogP contribution in [0.2, 0.25) is 0 Å². The van der Waals surface area contributed by atoms with Gasteiger partial charge in [-0.15, -0.1) is 11.3 Å². The summed E-state index contributed by atoms with van der Waals surface area (Å²) in [7, 11) is 0. The molecule has 1 aromatic heterocycles. The highest BCUT2D eigenvalue weighted by Crippen LogP contribution is 2.39. The van der Waals surface area contributed by atoms with E-state index < -0.39 is 0 Å². The lowest BCUT2D eigenvalue weighted by atomic mass is 10.2. The summed E-state index contributed by atoms with van der Waals surface area (Å²) < 4.78 is 10.0. The highest BCUT2D eigenvalue weighted by atomic mass is 79.9. The standard InChI is InChI=1S/C11H5Br2N3OS2/c12-8-4-5(10(13)18-8)11(17)14-6-2-1-3-7-9(6)16-19-15-7/h1-4H,(H,14,17). The SMILES string of the molecule is O=C(Nc1cccc2c1N=S=N2)c1cc(Br)sc1Br. The highest BCUT2D eigenvalue weighted by molar-refractivity contribution is 9.12. The zero-order chi connectivity index (χ0) is 13.4. The van der Waals surface area contributed by atoms with Crippen LogP contribution in [-0.4, -0.2) is 5.91 Å². The second-order valence-electron chi connectivity index (χ2n) is 3.63. The van der Waals surface area contributed by atoms with Crippen LogP contribution in [-0.2, 0) is 11.4 Å². The smallest absolute Gasteiger partial charge is 0.257 e. The zero-order valence-corrected chi connectivity index (χ0v) is 14.0. The first-order valence-corrected chi connectivity index (χ1v) is 8.26. The molecular weight excluding hydrogens is 414 g/mol. The number of carbonyl (C=O) groups is 1. The Morgan fingerprint density at radius 1 is 1.26 bits per heavy atom. The molecule has 2 aromatic rings. The number of anilines is 1. The van der Waals surface area contributed by atoms with Crippen LogP contribution in [0.15, 0.2) is 40.6 Å². The Balaban J connectivity index is 1.91. The normalized spacial score (nSPS) is 12.1. The van der Waals surface area contributed by atoms with Crippen molar-refractivity contribution in [3.05, 3.63) is 37.4 Å². The van der Waals surface area contributed by atoms with E-state index in [1.165, 1.54) is 11.3 Å². The van der Waals surface area contributed by atoms with Crippen molar-refractivity contribution < 1.29 is 4.79 Å². The number of thiophene rings is 1. The van der Waals surface area contributed by atoms with Crippen molar-refractivity contribution in [2.75, 3.05) is 5.32 Å². The Hall–Kier alpha value is -0.830. The van der Waals surface area contributed by atoms with Crippen LogP contribution in [0.5, 0.6) is 0 Å². The van der Waals surface area contributed by atoms with Crippen molar-refractivity contribution in [1.82, 2.24) is 0 Å². The van der Waals surface area contributed by atoms with Gasteiger partial charge in [0.1, 0.15) is 11.4 Å². The first-order chi connectivity index (χ1) is 9.15. The van der Waals surface area contributed by atoms with Crippen LogP contribution < -0.4 is 5.32 Å². The maximum Gasteiger partial charge on any atom is 0.257 e. The molecule has 0 fully saturated rings. The monoisotopic (exact) mass is 417 g/mol. The summed E-state index contributed by atoms with van der Waals surface area (Å²) in [6.07, 6.45) is 0. The third-order valence-electron chi connectivity index (χ3n) is 2.44. The Labute approximate surface area is 133 Å². The van der Waals surface area contributed by atoms with E-state index in [2.05, 4.69) is 45.9 Å². The third-order valence-corrected chi connectivity index (χ3v) is 5.32. The van der Waals surface area contributed by atoms with Crippen molar-refractivity contribution in [2.24, 2.45) is 8.73 Å². The number of nitrogens with zero attached hydrogens (tertiary/aromatic N) is 2. The number of carbonyl (C=O) groups excluding carboxylic acids is 1. The van der Waals surface area contributed by atoms with Gasteiger partial charge in [-0.25, -0.2) is 0 Å². The number of rotatable bonds is 2. The van der Waals surface area contributed by atoms with Gasteiger partial charge in [0.05, 0.1) is 30.2 Å². The van der Waals surface area contributed by atoms with E-state index in [0.29, 0.717) is 16.9 Å². The summed E-state index contributed by atoms with van der Waals surface area (Å²) in [6, 6.07) is 7.31. The lowest BCUT2D eigenvalue weighted by Crippen LogP contribution is -2.11. The summed E-state index contributed by atoms with van der Waals surface area (Å²) in [4.78, 5) is 12.2. The predicted octanol–water partition coefficient (Wildman–Crippen LogP) is 5.25. The maximum absolute atomic E-state index is 12.2. The minimum absolute atomic E-state index is 0.172. The minimum Gasteiger partial charge on any atom is -0.320 e. The van der Waals surface area contributed by atoms with Gasteiger partial charge in [-0.1, -0.05) is 6.07 Å². The van der Waals surface area contributed by atoms with E-state index in [1.807, 2.05) is 18.2 Å². The average Bonchev–Trinajstić information content (AvgIpc) is 2.96. The van der Waals surface area contributed by atoms with Crippen molar-refractivity contribution in [3.63, 3.8) is 0 Å². The molecular formula is C11H5Br2N3OS2. The maximum atomic E-state index is 12.2. The number of hydrogen-bond acceptors (Lipinski definition) is 4. The van der Waals surface area contributed by atoms with Crippen LogP contribution in [0.3, 0.4) is 0 Å². The largest absolute Gasteiger partial charge is 0.320 e. The number of benzene rings is 1. The molecule has 8 heteroatoms. The van der Waals surface area contributed by atoms with E-state index in [9.17, 15) is 4.79 Å². The van der Waals surface area contributed by atoms with Crippen LogP contribution >= 0.6 is 43.2 Å². The van der Waals surface area contributed by atoms with Crippen LogP contribution in [0, 0.1) is 0 Å². The highest BCUT2D eigenvalue weighted by Gasteiger charge is 2.17. The fraction of sp³-hybridized carbons (Fsp3) is 0. The van der Waals surface area contributed by atoms with Gasteiger partial charge in [-0.3, -0.25) is 4.79 Å². The van der Waals surface area contributed by atoms with Crippen LogP contribution in [0.4, 0.5) is 17.1 Å². The second kappa shape index (κ2) is 5.28. The zero-order valence-electron chi connectivity index (χ0n) is 9.18. The van der Waals surface area contributed by atoms with Crippen molar-refractivity contribution >= 4 is 77.5 Å². The molecule has 1 N–H and O–H groups in total. The fourth-order valence-electron chi connectivity index (χ4n) is 1.59. The third kappa shape index (κ3) is 2.58. The number of amides is 1. The number of halogens is 2. The molecule has 19 heavy (non-hydrogen) atoms. The van der Waals surface area contributed by atoms with Crippen molar-refractivity contribution in [2.45, 2.75) is 0 Å². The van der Waals surface area contributed by atoms with Gasteiger partial charge in [-0.2, -0.15) is 8.73 Å². The molecule has 3 rings (SSSR count). The Morgan fingerprint density at radius 3 is 2.84 bits per heavy atom. The average molecular weight is 419 g/mol. The summed E-state index contributed by atoms with van der Waals surface area (Å²) in [5.41, 5.74) is 2.77. The quantitative estimate of drug-likeness (QED) is 0.606. The van der Waals surface area contributed by atoms with Gasteiger partial charge in [0.2, 0.25) is 0 Å². The molecule has 1 aliphatic rings. The molecule has 96 valence electrons. The molecule has 1 amide bonds. The first kappa shape index (κ1) is 13.2. The lowest BCUT2D eigenvalue weighted by Gasteiger charge is -2.06. The number of hydrogen-bond donors (Lipinski definition) is 1. The molecule has 0 saturated carbocycles. The van der Waals surface area contributed by atoms with Crippen molar-refractivity contribution in [1.29, 1.82) is 0 Å². The summed E-state index contributed by atoms with van der Waals surface area (Å²) in [6.45, 7) is 0. The van der Waals surface area contributed by atoms with Gasteiger partial charge in [-0.05, 0) is 50.1 Å². The molecule has 0 radical (unpaired) electrons. The van der Waals surface area contributed by atoms with Gasteiger partial charge in [0.15, 0.2) is 0 Å². The predicted molar refractivity (Wildman–Crippen MR) is 85.7 cm³/mol. The number of nitrogens with one attached hydrogen (secondary N) is 1. The fourth-order valence-corrected chi connectivity index (χ4v) is 4.93. The lowest BCUT2D eigenvalue weighted by molar-refractivity contribution is 0.102. The van der Waals surface area contributed by atoms with E-state index in [4.69, 9.17) is 0 Å². The van der Waals surface area contributed by atoms with Crippen LogP contribution in [0.25, 0.3) is 0 Å². The molecule has 0 bridgehead atoms. The first-order valence-electron chi connectivity index (χ1n) is 5.12. The van der Waals surface area contributed by atoms with Gasteiger partial charge < -0.3 is 5.32 Å². The van der Waals surface area contributed by atoms with Gasteiger partial charge in [0.25, 0.3) is 5.91 Å². The minimum atomic E-state index is -0.172. The molecule has 4 nitrogen and oxygen atoms in total. The molecule has 0 spiro atoms. The molecule has 2 heterocycles. The molecule has 0 atom stereocenters. The van der Waals surface area contributed by atoms with Gasteiger partial charge >= 0.3 is 0 Å². The number of fused-ring (bicyclic) bond motifs is 1. The van der Waals surface area contributed by atoms with E-state index in [0.717, 1.165) is 24.6 Å². The van der Waals surface area contributed by atoms with Gasteiger partial charge in [0, 0.05) is 0 Å². The topological polar surface area (TPSA) is 53.8 Å². The Bertz CT molecular complexity index is 750. The van der Waals surface area contributed by atoms with E-state index in [-0.39, 0.29) is 5.91 Å². The molecule has 1 aromatic carbocycles. The molecule has 0 aliphatic carbocycles. The van der Waals surface area contributed by atoms with E-state index in [1.54, 1.807) is 6.07 Å². The molecule has 1 aliphatic heterocycles. The van der Waals surface area contributed by atoms with Crippen molar-refractivity contribution in [3.8, 4) is 0 Å². The van der Waals surface area contributed by atoms with E-state index >= 15 is 0 Å².